The molecule has 2 rings (SSSR count). The van der Waals surface area contributed by atoms with E-state index in [4.69, 9.17) is 0 Å². The zero-order valence-electron chi connectivity index (χ0n) is 12.7. The van der Waals surface area contributed by atoms with Gasteiger partial charge in [-0.3, -0.25) is 0 Å². The van der Waals surface area contributed by atoms with Crippen molar-refractivity contribution in [1.29, 1.82) is 0 Å². The molecule has 2 heteroatoms. The third kappa shape index (κ3) is 4.32. The molecular formula is C17H28N2. The number of piperidine rings is 1. The summed E-state index contributed by atoms with van der Waals surface area (Å²) in [5, 5.41) is 3.79. The van der Waals surface area contributed by atoms with Crippen LogP contribution in [0.3, 0.4) is 0 Å². The minimum absolute atomic E-state index is 0.461. The fourth-order valence-electron chi connectivity index (χ4n) is 2.94. The second-order valence-electron chi connectivity index (χ2n) is 5.91. The number of hydrogen-bond donors (Lipinski definition) is 1. The Morgan fingerprint density at radius 3 is 2.42 bits per heavy atom. The molecule has 1 aliphatic rings. The largest absolute Gasteiger partial charge is 0.307 e. The van der Waals surface area contributed by atoms with E-state index in [2.05, 4.69) is 55.3 Å². The van der Waals surface area contributed by atoms with Crippen LogP contribution in [-0.2, 0) is 0 Å². The van der Waals surface area contributed by atoms with Gasteiger partial charge in [-0.1, -0.05) is 36.8 Å². The Bertz CT molecular complexity index is 363. The van der Waals surface area contributed by atoms with Gasteiger partial charge >= 0.3 is 0 Å². The summed E-state index contributed by atoms with van der Waals surface area (Å²) in [6.07, 6.45) is 3.85. The lowest BCUT2D eigenvalue weighted by atomic mass is 10.0. The molecule has 0 aromatic heterocycles. The summed E-state index contributed by atoms with van der Waals surface area (Å²) in [6.45, 7) is 10.5. The fraction of sp³-hybridized carbons (Fsp3) is 0.647. The third-order valence-electron chi connectivity index (χ3n) is 4.19. The number of likely N-dealkylation sites (tertiary alicyclic amines) is 1. The van der Waals surface area contributed by atoms with Crippen molar-refractivity contribution < 1.29 is 0 Å². The topological polar surface area (TPSA) is 15.3 Å². The predicted molar refractivity (Wildman–Crippen MR) is 82.5 cm³/mol. The number of aryl methyl sites for hydroxylation is 1. The highest BCUT2D eigenvalue weighted by atomic mass is 15.1. The number of nitrogens with zero attached hydrogens (tertiary/aromatic N) is 1. The molecule has 1 atom stereocenters. The van der Waals surface area contributed by atoms with Crippen molar-refractivity contribution in [1.82, 2.24) is 10.2 Å². The molecule has 1 N–H and O–H groups in total. The maximum atomic E-state index is 3.79. The van der Waals surface area contributed by atoms with Gasteiger partial charge in [-0.25, -0.2) is 0 Å². The van der Waals surface area contributed by atoms with E-state index in [1.54, 1.807) is 0 Å². The molecule has 1 saturated heterocycles. The Hall–Kier alpha value is -0.860. The molecule has 106 valence electrons. The summed E-state index contributed by atoms with van der Waals surface area (Å²) in [4.78, 5) is 2.59. The fourth-order valence-corrected chi connectivity index (χ4v) is 2.94. The SMILES string of the molecule is CCCN1CCC(NC(C)c2ccc(C)cc2)CC1. The molecule has 1 fully saturated rings. The van der Waals surface area contributed by atoms with E-state index in [1.807, 2.05) is 0 Å². The molecular weight excluding hydrogens is 232 g/mol. The van der Waals surface area contributed by atoms with E-state index in [9.17, 15) is 0 Å². The third-order valence-corrected chi connectivity index (χ3v) is 4.19. The van der Waals surface area contributed by atoms with E-state index in [-0.39, 0.29) is 0 Å². The molecule has 0 spiro atoms. The summed E-state index contributed by atoms with van der Waals surface area (Å²) < 4.78 is 0. The van der Waals surface area contributed by atoms with Crippen LogP contribution < -0.4 is 5.32 Å². The van der Waals surface area contributed by atoms with E-state index in [0.29, 0.717) is 12.1 Å². The second kappa shape index (κ2) is 7.06. The van der Waals surface area contributed by atoms with Crippen molar-refractivity contribution >= 4 is 0 Å². The summed E-state index contributed by atoms with van der Waals surface area (Å²) in [7, 11) is 0. The summed E-state index contributed by atoms with van der Waals surface area (Å²) in [6, 6.07) is 10.1. The average Bonchev–Trinajstić information content (AvgIpc) is 2.42. The Morgan fingerprint density at radius 2 is 1.84 bits per heavy atom. The van der Waals surface area contributed by atoms with Gasteiger partial charge in [0.25, 0.3) is 0 Å². The van der Waals surface area contributed by atoms with Crippen molar-refractivity contribution in [2.75, 3.05) is 19.6 Å². The molecule has 1 aromatic rings. The van der Waals surface area contributed by atoms with Crippen LogP contribution in [0, 0.1) is 6.92 Å². The van der Waals surface area contributed by atoms with Crippen LogP contribution in [0.2, 0.25) is 0 Å². The standard InChI is InChI=1S/C17H28N2/c1-4-11-19-12-9-17(10-13-19)18-15(3)16-7-5-14(2)6-8-16/h5-8,15,17-18H,4,9-13H2,1-3H3. The Labute approximate surface area is 118 Å². The maximum absolute atomic E-state index is 3.79. The molecule has 19 heavy (non-hydrogen) atoms. The summed E-state index contributed by atoms with van der Waals surface area (Å²) >= 11 is 0. The number of hydrogen-bond acceptors (Lipinski definition) is 2. The van der Waals surface area contributed by atoms with E-state index in [0.717, 1.165) is 0 Å². The summed E-state index contributed by atoms with van der Waals surface area (Å²) in [5.74, 6) is 0. The van der Waals surface area contributed by atoms with Gasteiger partial charge in [0.2, 0.25) is 0 Å². The van der Waals surface area contributed by atoms with Crippen molar-refractivity contribution in [3.8, 4) is 0 Å². The first-order valence-corrected chi connectivity index (χ1v) is 7.74. The van der Waals surface area contributed by atoms with Gasteiger partial charge in [0.05, 0.1) is 0 Å². The zero-order chi connectivity index (χ0) is 13.7. The van der Waals surface area contributed by atoms with Gasteiger partial charge in [0.1, 0.15) is 0 Å². The lowest BCUT2D eigenvalue weighted by Gasteiger charge is -2.33. The first-order chi connectivity index (χ1) is 9.19. The summed E-state index contributed by atoms with van der Waals surface area (Å²) in [5.41, 5.74) is 2.74. The van der Waals surface area contributed by atoms with Crippen molar-refractivity contribution in [2.24, 2.45) is 0 Å². The molecule has 1 heterocycles. The van der Waals surface area contributed by atoms with Gasteiger partial charge < -0.3 is 10.2 Å². The van der Waals surface area contributed by atoms with Crippen LogP contribution in [0.1, 0.15) is 50.3 Å². The molecule has 1 aromatic carbocycles. The molecule has 2 nitrogen and oxygen atoms in total. The molecule has 0 amide bonds. The van der Waals surface area contributed by atoms with Crippen LogP contribution in [-0.4, -0.2) is 30.6 Å². The highest BCUT2D eigenvalue weighted by Gasteiger charge is 2.20. The Morgan fingerprint density at radius 1 is 1.21 bits per heavy atom. The van der Waals surface area contributed by atoms with E-state index >= 15 is 0 Å². The Kier molecular flexibility index (Phi) is 5.41. The van der Waals surface area contributed by atoms with Crippen molar-refractivity contribution in [2.45, 2.75) is 52.1 Å². The number of nitrogens with one attached hydrogen (secondary N) is 1. The molecule has 0 aliphatic carbocycles. The van der Waals surface area contributed by atoms with Crippen LogP contribution in [0.25, 0.3) is 0 Å². The van der Waals surface area contributed by atoms with Crippen LogP contribution in [0.15, 0.2) is 24.3 Å². The van der Waals surface area contributed by atoms with Gasteiger partial charge in [0, 0.05) is 12.1 Å². The Balaban J connectivity index is 1.80. The quantitative estimate of drug-likeness (QED) is 0.871. The maximum Gasteiger partial charge on any atom is 0.0294 e. The first kappa shape index (κ1) is 14.5. The van der Waals surface area contributed by atoms with Crippen LogP contribution >= 0.6 is 0 Å². The highest BCUT2D eigenvalue weighted by molar-refractivity contribution is 5.23. The molecule has 0 radical (unpaired) electrons. The van der Waals surface area contributed by atoms with Gasteiger partial charge in [0.15, 0.2) is 0 Å². The molecule has 0 saturated carbocycles. The minimum atomic E-state index is 0.461. The second-order valence-corrected chi connectivity index (χ2v) is 5.91. The molecule has 0 bridgehead atoms. The average molecular weight is 260 g/mol. The normalized spacial score (nSPS) is 19.5. The van der Waals surface area contributed by atoms with Crippen LogP contribution in [0.5, 0.6) is 0 Å². The predicted octanol–water partition coefficient (Wildman–Crippen LogP) is 3.52. The highest BCUT2D eigenvalue weighted by Crippen LogP contribution is 2.18. The van der Waals surface area contributed by atoms with E-state index in [1.165, 1.54) is 50.0 Å². The van der Waals surface area contributed by atoms with Gasteiger partial charge in [-0.15, -0.1) is 0 Å². The number of rotatable bonds is 5. The number of benzene rings is 1. The van der Waals surface area contributed by atoms with Crippen LogP contribution in [0.4, 0.5) is 0 Å². The zero-order valence-corrected chi connectivity index (χ0v) is 12.7. The lowest BCUT2D eigenvalue weighted by Crippen LogP contribution is -2.43. The lowest BCUT2D eigenvalue weighted by molar-refractivity contribution is 0.192. The van der Waals surface area contributed by atoms with Crippen molar-refractivity contribution in [3.63, 3.8) is 0 Å². The van der Waals surface area contributed by atoms with Crippen molar-refractivity contribution in [3.05, 3.63) is 35.4 Å². The van der Waals surface area contributed by atoms with Gasteiger partial charge in [-0.05, 0) is 58.3 Å². The first-order valence-electron chi connectivity index (χ1n) is 7.74. The molecule has 1 unspecified atom stereocenters. The minimum Gasteiger partial charge on any atom is -0.307 e. The monoisotopic (exact) mass is 260 g/mol. The molecule has 1 aliphatic heterocycles. The smallest absolute Gasteiger partial charge is 0.0294 e. The van der Waals surface area contributed by atoms with E-state index < -0.39 is 0 Å². The van der Waals surface area contributed by atoms with Gasteiger partial charge in [-0.2, -0.15) is 0 Å².